The lowest BCUT2D eigenvalue weighted by Crippen LogP contribution is -2.36. The minimum absolute atomic E-state index is 0.164. The van der Waals surface area contributed by atoms with Gasteiger partial charge in [0.25, 0.3) is 0 Å². The summed E-state index contributed by atoms with van der Waals surface area (Å²) < 4.78 is 0. The molecular formula is C13H26N2O. The van der Waals surface area contributed by atoms with Crippen LogP contribution in [0.5, 0.6) is 0 Å². The number of hydrogen-bond donors (Lipinski definition) is 2. The molecule has 1 saturated carbocycles. The maximum atomic E-state index is 11.8. The Kier molecular flexibility index (Phi) is 3.68. The maximum absolute atomic E-state index is 11.8. The summed E-state index contributed by atoms with van der Waals surface area (Å²) in [5.41, 5.74) is 0.453. The van der Waals surface area contributed by atoms with Crippen LogP contribution < -0.4 is 10.6 Å². The molecular weight excluding hydrogens is 200 g/mol. The molecule has 0 bridgehead atoms. The molecule has 0 aromatic rings. The van der Waals surface area contributed by atoms with E-state index in [1.165, 1.54) is 0 Å². The van der Waals surface area contributed by atoms with Crippen molar-refractivity contribution >= 4 is 5.91 Å². The van der Waals surface area contributed by atoms with Crippen molar-refractivity contribution in [1.29, 1.82) is 0 Å². The lowest BCUT2D eigenvalue weighted by Gasteiger charge is -2.13. The molecule has 1 unspecified atom stereocenters. The van der Waals surface area contributed by atoms with Crippen molar-refractivity contribution in [2.75, 3.05) is 6.54 Å². The van der Waals surface area contributed by atoms with Gasteiger partial charge in [0.2, 0.25) is 5.91 Å². The zero-order valence-electron chi connectivity index (χ0n) is 11.5. The number of carbonyl (C=O) groups is 1. The fourth-order valence-electron chi connectivity index (χ4n) is 2.48. The van der Waals surface area contributed by atoms with Crippen molar-refractivity contribution in [1.82, 2.24) is 10.6 Å². The fourth-order valence-corrected chi connectivity index (χ4v) is 2.48. The average Bonchev–Trinajstić information content (AvgIpc) is 2.48. The molecule has 0 saturated heterocycles. The third-order valence-corrected chi connectivity index (χ3v) is 4.37. The number of rotatable bonds is 5. The second-order valence-corrected chi connectivity index (χ2v) is 6.11. The Hall–Kier alpha value is -0.570. The highest BCUT2D eigenvalue weighted by molar-refractivity contribution is 5.77. The molecule has 0 aromatic heterocycles. The predicted molar refractivity (Wildman–Crippen MR) is 67.2 cm³/mol. The highest BCUT2D eigenvalue weighted by Gasteiger charge is 2.65. The Balaban J connectivity index is 2.37. The summed E-state index contributed by atoms with van der Waals surface area (Å²) in [5, 5.41) is 6.40. The van der Waals surface area contributed by atoms with Gasteiger partial charge in [-0.25, -0.2) is 0 Å². The normalized spacial score (nSPS) is 23.9. The summed E-state index contributed by atoms with van der Waals surface area (Å²) in [7, 11) is 0. The molecule has 0 heterocycles. The Morgan fingerprint density at radius 3 is 2.12 bits per heavy atom. The monoisotopic (exact) mass is 226 g/mol. The molecule has 1 aliphatic rings. The minimum atomic E-state index is 0.164. The van der Waals surface area contributed by atoms with E-state index < -0.39 is 0 Å². The molecule has 1 fully saturated rings. The van der Waals surface area contributed by atoms with Gasteiger partial charge in [-0.05, 0) is 24.3 Å². The third kappa shape index (κ3) is 2.40. The van der Waals surface area contributed by atoms with Gasteiger partial charge in [0, 0.05) is 18.5 Å². The molecule has 1 atom stereocenters. The molecule has 16 heavy (non-hydrogen) atoms. The first-order chi connectivity index (χ1) is 7.23. The number of amides is 1. The summed E-state index contributed by atoms with van der Waals surface area (Å²) in [5.74, 6) is 0.164. The molecule has 0 radical (unpaired) electrons. The largest absolute Gasteiger partial charge is 0.352 e. The topological polar surface area (TPSA) is 41.1 Å². The Labute approximate surface area is 99.4 Å². The second kappa shape index (κ2) is 4.36. The van der Waals surface area contributed by atoms with E-state index in [9.17, 15) is 4.79 Å². The predicted octanol–water partition coefficient (Wildman–Crippen LogP) is 1.93. The highest BCUT2D eigenvalue weighted by atomic mass is 16.1. The van der Waals surface area contributed by atoms with Crippen LogP contribution >= 0.6 is 0 Å². The Bertz CT molecular complexity index is 257. The number of nitrogens with one attached hydrogen (secondary N) is 2. The molecule has 1 rings (SSSR count). The first-order valence-electron chi connectivity index (χ1n) is 6.26. The summed E-state index contributed by atoms with van der Waals surface area (Å²) in [6.07, 6.45) is 0.566. The van der Waals surface area contributed by atoms with Crippen LogP contribution in [0.1, 0.15) is 48.0 Å². The first kappa shape index (κ1) is 13.5. The molecule has 3 nitrogen and oxygen atoms in total. The van der Waals surface area contributed by atoms with Crippen LogP contribution in [0.25, 0.3) is 0 Å². The lowest BCUT2D eigenvalue weighted by atomic mass is 10.0. The van der Waals surface area contributed by atoms with Crippen molar-refractivity contribution in [3.8, 4) is 0 Å². The molecule has 94 valence electrons. The lowest BCUT2D eigenvalue weighted by molar-refractivity contribution is -0.121. The van der Waals surface area contributed by atoms with Gasteiger partial charge in [0.1, 0.15) is 0 Å². The van der Waals surface area contributed by atoms with Gasteiger partial charge in [-0.15, -0.1) is 0 Å². The van der Waals surface area contributed by atoms with E-state index in [4.69, 9.17) is 0 Å². The zero-order chi connectivity index (χ0) is 12.6. The van der Waals surface area contributed by atoms with Gasteiger partial charge in [-0.2, -0.15) is 0 Å². The first-order valence-corrected chi connectivity index (χ1v) is 6.26. The second-order valence-electron chi connectivity index (χ2n) is 6.11. The molecule has 1 aliphatic carbocycles. The average molecular weight is 226 g/mol. The van der Waals surface area contributed by atoms with Crippen LogP contribution in [-0.4, -0.2) is 24.5 Å². The molecule has 0 aromatic carbocycles. The Morgan fingerprint density at radius 2 is 1.75 bits per heavy atom. The molecule has 0 aliphatic heterocycles. The van der Waals surface area contributed by atoms with Crippen LogP contribution in [0.15, 0.2) is 0 Å². The van der Waals surface area contributed by atoms with Crippen molar-refractivity contribution in [2.24, 2.45) is 10.8 Å². The summed E-state index contributed by atoms with van der Waals surface area (Å²) in [4.78, 5) is 11.8. The number of hydrogen-bond acceptors (Lipinski definition) is 2. The molecule has 3 heteroatoms. The van der Waals surface area contributed by atoms with E-state index in [1.54, 1.807) is 0 Å². The van der Waals surface area contributed by atoms with E-state index >= 15 is 0 Å². The highest BCUT2D eigenvalue weighted by Crippen LogP contribution is 2.62. The van der Waals surface area contributed by atoms with Crippen LogP contribution in [-0.2, 0) is 4.79 Å². The van der Waals surface area contributed by atoms with Gasteiger partial charge in [0.15, 0.2) is 0 Å². The summed E-state index contributed by atoms with van der Waals surface area (Å²) in [6.45, 7) is 13.9. The van der Waals surface area contributed by atoms with Gasteiger partial charge >= 0.3 is 0 Å². The van der Waals surface area contributed by atoms with Crippen LogP contribution in [0, 0.1) is 10.8 Å². The minimum Gasteiger partial charge on any atom is -0.352 e. The van der Waals surface area contributed by atoms with Crippen molar-refractivity contribution in [2.45, 2.75) is 60.0 Å². The fraction of sp³-hybridized carbons (Fsp3) is 0.923. The van der Waals surface area contributed by atoms with Gasteiger partial charge in [0.05, 0.1) is 0 Å². The molecule has 2 N–H and O–H groups in total. The van der Waals surface area contributed by atoms with Crippen LogP contribution in [0.4, 0.5) is 0 Å². The Morgan fingerprint density at radius 1 is 1.25 bits per heavy atom. The molecule has 1 amide bonds. The van der Waals surface area contributed by atoms with Crippen molar-refractivity contribution < 1.29 is 4.79 Å². The summed E-state index contributed by atoms with van der Waals surface area (Å²) in [6, 6.07) is 0.580. The zero-order valence-corrected chi connectivity index (χ0v) is 11.5. The van der Waals surface area contributed by atoms with E-state index in [1.807, 2.05) is 6.92 Å². The quantitative estimate of drug-likeness (QED) is 0.752. The van der Waals surface area contributed by atoms with E-state index in [0.717, 1.165) is 6.54 Å². The smallest absolute Gasteiger partial charge is 0.221 e. The molecule has 0 spiro atoms. The van der Waals surface area contributed by atoms with Gasteiger partial charge in [-0.1, -0.05) is 34.6 Å². The van der Waals surface area contributed by atoms with E-state index in [2.05, 4.69) is 45.3 Å². The van der Waals surface area contributed by atoms with E-state index in [0.29, 0.717) is 12.5 Å². The van der Waals surface area contributed by atoms with Gasteiger partial charge in [-0.3, -0.25) is 4.79 Å². The third-order valence-electron chi connectivity index (χ3n) is 4.37. The SMILES string of the molecule is CCNC(C)CC(=O)NC1C(C)(C)C1(C)C. The van der Waals surface area contributed by atoms with Crippen molar-refractivity contribution in [3.05, 3.63) is 0 Å². The summed E-state index contributed by atoms with van der Waals surface area (Å²) >= 11 is 0. The van der Waals surface area contributed by atoms with Crippen molar-refractivity contribution in [3.63, 3.8) is 0 Å². The van der Waals surface area contributed by atoms with Crippen LogP contribution in [0.2, 0.25) is 0 Å². The number of carbonyl (C=O) groups excluding carboxylic acids is 1. The van der Waals surface area contributed by atoms with Crippen LogP contribution in [0.3, 0.4) is 0 Å². The van der Waals surface area contributed by atoms with E-state index in [-0.39, 0.29) is 22.8 Å². The maximum Gasteiger partial charge on any atom is 0.221 e. The van der Waals surface area contributed by atoms with Gasteiger partial charge < -0.3 is 10.6 Å². The standard InChI is InChI=1S/C13H26N2O/c1-7-14-9(2)8-10(16)15-11-12(3,4)13(11,5)6/h9,11,14H,7-8H2,1-6H3,(H,15,16).